The zero-order valence-corrected chi connectivity index (χ0v) is 16.1. The molecule has 1 aromatic heterocycles. The van der Waals surface area contributed by atoms with Gasteiger partial charge in [-0.1, -0.05) is 35.6 Å². The highest BCUT2D eigenvalue weighted by Crippen LogP contribution is 2.33. The molecule has 1 atom stereocenters. The van der Waals surface area contributed by atoms with Crippen molar-refractivity contribution in [3.8, 4) is 17.3 Å². The second kappa shape index (κ2) is 7.01. The third kappa shape index (κ3) is 3.38. The summed E-state index contributed by atoms with van der Waals surface area (Å²) in [6.07, 6.45) is 2.81. The molecule has 0 saturated carbocycles. The van der Waals surface area contributed by atoms with E-state index in [1.54, 1.807) is 4.90 Å². The predicted octanol–water partition coefficient (Wildman–Crippen LogP) is 4.32. The first-order valence-corrected chi connectivity index (χ1v) is 9.79. The summed E-state index contributed by atoms with van der Waals surface area (Å²) in [5.74, 6) is -0.205. The number of anilines is 1. The van der Waals surface area contributed by atoms with Crippen molar-refractivity contribution in [3.05, 3.63) is 47.5 Å². The molecule has 0 bridgehead atoms. The number of benzene rings is 2. The van der Waals surface area contributed by atoms with Crippen molar-refractivity contribution in [1.29, 1.82) is 5.26 Å². The lowest BCUT2D eigenvalue weighted by Crippen LogP contribution is -2.25. The molecule has 1 amide bonds. The minimum atomic E-state index is -0.151. The minimum absolute atomic E-state index is 0.0539. The van der Waals surface area contributed by atoms with E-state index in [0.717, 1.165) is 10.2 Å². The van der Waals surface area contributed by atoms with Crippen molar-refractivity contribution in [3.63, 3.8) is 0 Å². The summed E-state index contributed by atoms with van der Waals surface area (Å²) in [6, 6.07) is 12.6. The van der Waals surface area contributed by atoms with Gasteiger partial charge in [0, 0.05) is 13.1 Å². The van der Waals surface area contributed by atoms with Gasteiger partial charge in [-0.2, -0.15) is 5.26 Å². The van der Waals surface area contributed by atoms with E-state index >= 15 is 0 Å². The van der Waals surface area contributed by atoms with Crippen LogP contribution in [0.1, 0.15) is 17.5 Å². The quantitative estimate of drug-likeness (QED) is 0.691. The van der Waals surface area contributed by atoms with Crippen LogP contribution in [0.15, 0.2) is 36.4 Å². The summed E-state index contributed by atoms with van der Waals surface area (Å²) in [5, 5.41) is 12.5. The Balaban J connectivity index is 1.58. The maximum Gasteiger partial charge on any atom is 0.231 e. The van der Waals surface area contributed by atoms with E-state index in [0.29, 0.717) is 24.6 Å². The number of thiazole rings is 1. The largest absolute Gasteiger partial charge is 0.310 e. The highest BCUT2D eigenvalue weighted by molar-refractivity contribution is 7.22. The highest BCUT2D eigenvalue weighted by Gasteiger charge is 2.28. The average molecular weight is 376 g/mol. The van der Waals surface area contributed by atoms with Crippen molar-refractivity contribution in [2.75, 3.05) is 18.4 Å². The fourth-order valence-corrected chi connectivity index (χ4v) is 4.58. The van der Waals surface area contributed by atoms with E-state index < -0.39 is 0 Å². The summed E-state index contributed by atoms with van der Waals surface area (Å²) in [4.78, 5) is 18.6. The number of likely N-dealkylation sites (tertiary alicyclic amines) is 1. The molecule has 1 aliphatic heterocycles. The topological polar surface area (TPSA) is 69.0 Å². The minimum Gasteiger partial charge on any atom is -0.310 e. The molecule has 4 rings (SSSR count). The van der Waals surface area contributed by atoms with Crippen LogP contribution in [0, 0.1) is 31.2 Å². The fourth-order valence-electron chi connectivity index (χ4n) is 3.68. The van der Waals surface area contributed by atoms with Gasteiger partial charge in [-0.25, -0.2) is 4.98 Å². The molecular formula is C21H20N4OS. The number of carbonyl (C=O) groups is 1. The Morgan fingerprint density at radius 2 is 2.07 bits per heavy atom. The lowest BCUT2D eigenvalue weighted by molar-refractivity contribution is -0.119. The van der Waals surface area contributed by atoms with Crippen LogP contribution in [-0.4, -0.2) is 28.9 Å². The Morgan fingerprint density at radius 3 is 2.78 bits per heavy atom. The van der Waals surface area contributed by atoms with Crippen LogP contribution in [0.4, 0.5) is 5.13 Å². The van der Waals surface area contributed by atoms with Crippen LogP contribution >= 0.6 is 11.3 Å². The number of carbonyl (C=O) groups excluding carboxylic acids is 1. The zero-order chi connectivity index (χ0) is 19.0. The molecule has 0 radical (unpaired) electrons. The van der Waals surface area contributed by atoms with E-state index in [1.807, 2.05) is 6.07 Å². The van der Waals surface area contributed by atoms with Gasteiger partial charge in [0.1, 0.15) is 0 Å². The van der Waals surface area contributed by atoms with Crippen molar-refractivity contribution >= 4 is 32.6 Å². The normalized spacial score (nSPS) is 16.5. The Labute approximate surface area is 162 Å². The molecule has 0 spiro atoms. The maximum atomic E-state index is 12.5. The van der Waals surface area contributed by atoms with Gasteiger partial charge in [0.05, 0.1) is 16.1 Å². The molecule has 1 N–H and O–H groups in total. The smallest absolute Gasteiger partial charge is 0.231 e. The second-order valence-electron chi connectivity index (χ2n) is 6.99. The molecule has 1 unspecified atom stereocenters. The Kier molecular flexibility index (Phi) is 4.54. The Bertz CT molecular complexity index is 1050. The number of hydrogen-bond donors (Lipinski definition) is 1. The van der Waals surface area contributed by atoms with Crippen molar-refractivity contribution < 1.29 is 4.79 Å². The molecule has 0 aliphatic carbocycles. The van der Waals surface area contributed by atoms with Gasteiger partial charge in [-0.3, -0.25) is 4.79 Å². The standard InChI is InChI=1S/C21H20N4OS/c1-13-4-3-5-14(2)19(13)15-6-7-17-18(10-15)27-21(23-17)24-20(26)16-8-9-25(11-16)12-22/h3-7,10,16H,8-9,11H2,1-2H3,(H,23,24,26). The second-order valence-corrected chi connectivity index (χ2v) is 8.02. The van der Waals surface area contributed by atoms with Gasteiger partial charge in [0.25, 0.3) is 0 Å². The van der Waals surface area contributed by atoms with Gasteiger partial charge in [0.15, 0.2) is 11.3 Å². The van der Waals surface area contributed by atoms with Gasteiger partial charge in [0.2, 0.25) is 5.91 Å². The monoisotopic (exact) mass is 376 g/mol. The van der Waals surface area contributed by atoms with Crippen LogP contribution in [0.3, 0.4) is 0 Å². The molecule has 6 heteroatoms. The number of hydrogen-bond acceptors (Lipinski definition) is 5. The summed E-state index contributed by atoms with van der Waals surface area (Å²) in [5.41, 5.74) is 5.79. The highest BCUT2D eigenvalue weighted by atomic mass is 32.1. The Hall–Kier alpha value is -2.91. The molecule has 2 aromatic carbocycles. The van der Waals surface area contributed by atoms with Crippen molar-refractivity contribution in [1.82, 2.24) is 9.88 Å². The summed E-state index contributed by atoms with van der Waals surface area (Å²) < 4.78 is 1.05. The molecule has 2 heterocycles. The average Bonchev–Trinajstić information content (AvgIpc) is 3.27. The van der Waals surface area contributed by atoms with Crippen molar-refractivity contribution in [2.45, 2.75) is 20.3 Å². The van der Waals surface area contributed by atoms with Crippen LogP contribution in [0.2, 0.25) is 0 Å². The maximum absolute atomic E-state index is 12.5. The first-order valence-electron chi connectivity index (χ1n) is 8.98. The van der Waals surface area contributed by atoms with Crippen LogP contribution in [0.5, 0.6) is 0 Å². The number of fused-ring (bicyclic) bond motifs is 1. The predicted molar refractivity (Wildman–Crippen MR) is 108 cm³/mol. The van der Waals surface area contributed by atoms with Crippen LogP contribution in [0.25, 0.3) is 21.3 Å². The van der Waals surface area contributed by atoms with Gasteiger partial charge < -0.3 is 10.2 Å². The number of nitriles is 1. The lowest BCUT2D eigenvalue weighted by Gasteiger charge is -2.09. The van der Waals surface area contributed by atoms with Gasteiger partial charge in [-0.15, -0.1) is 0 Å². The lowest BCUT2D eigenvalue weighted by atomic mass is 9.96. The van der Waals surface area contributed by atoms with Crippen LogP contribution < -0.4 is 5.32 Å². The number of nitrogens with one attached hydrogen (secondary N) is 1. The van der Waals surface area contributed by atoms with E-state index in [1.165, 1.54) is 33.6 Å². The third-order valence-corrected chi connectivity index (χ3v) is 6.02. The third-order valence-electron chi connectivity index (χ3n) is 5.09. The summed E-state index contributed by atoms with van der Waals surface area (Å²) >= 11 is 1.49. The number of aryl methyl sites for hydroxylation is 2. The summed E-state index contributed by atoms with van der Waals surface area (Å²) in [7, 11) is 0. The van der Waals surface area contributed by atoms with E-state index in [-0.39, 0.29) is 11.8 Å². The zero-order valence-electron chi connectivity index (χ0n) is 15.3. The summed E-state index contributed by atoms with van der Waals surface area (Å²) in [6.45, 7) is 5.38. The molecule has 1 fully saturated rings. The first kappa shape index (κ1) is 17.5. The van der Waals surface area contributed by atoms with Crippen LogP contribution in [-0.2, 0) is 4.79 Å². The molecule has 1 aliphatic rings. The number of rotatable bonds is 3. The molecule has 1 saturated heterocycles. The first-order chi connectivity index (χ1) is 13.0. The fraction of sp³-hybridized carbons (Fsp3) is 0.286. The molecule has 136 valence electrons. The number of nitrogens with zero attached hydrogens (tertiary/aromatic N) is 3. The molecule has 27 heavy (non-hydrogen) atoms. The van der Waals surface area contributed by atoms with Crippen molar-refractivity contribution in [2.24, 2.45) is 5.92 Å². The van der Waals surface area contributed by atoms with E-state index in [2.05, 4.69) is 60.7 Å². The molecule has 5 nitrogen and oxygen atoms in total. The van der Waals surface area contributed by atoms with Gasteiger partial charge in [-0.05, 0) is 54.7 Å². The van der Waals surface area contributed by atoms with E-state index in [4.69, 9.17) is 5.26 Å². The number of aromatic nitrogens is 1. The molecular weight excluding hydrogens is 356 g/mol. The number of amides is 1. The molecule has 3 aromatic rings. The Morgan fingerprint density at radius 1 is 1.30 bits per heavy atom. The van der Waals surface area contributed by atoms with Gasteiger partial charge >= 0.3 is 0 Å². The van der Waals surface area contributed by atoms with E-state index in [9.17, 15) is 4.79 Å². The SMILES string of the molecule is Cc1cccc(C)c1-c1ccc2nc(NC(=O)C3CCN(C#N)C3)sc2c1.